The van der Waals surface area contributed by atoms with Gasteiger partial charge in [-0.15, -0.1) is 0 Å². The Bertz CT molecular complexity index is 597. The van der Waals surface area contributed by atoms with Crippen molar-refractivity contribution in [1.29, 1.82) is 0 Å². The lowest BCUT2D eigenvalue weighted by Crippen LogP contribution is -2.11. The Morgan fingerprint density at radius 3 is 2.26 bits per heavy atom. The number of aromatic nitrogens is 1. The molecule has 98 valence electrons. The minimum Gasteiger partial charge on any atom is -0.288 e. The third kappa shape index (κ3) is 3.02. The molecule has 0 unspecified atom stereocenters. The lowest BCUT2D eigenvalue weighted by molar-refractivity contribution is 0.103. The molecule has 0 N–H and O–H groups in total. The minimum absolute atomic E-state index is 0.0769. The summed E-state index contributed by atoms with van der Waals surface area (Å²) in [5, 5.41) is 0.243. The second-order valence-corrected chi connectivity index (χ2v) is 5.86. The summed E-state index contributed by atoms with van der Waals surface area (Å²) in [4.78, 5) is 16.2. The first-order valence-corrected chi connectivity index (χ1v) is 6.53. The fourth-order valence-corrected chi connectivity index (χ4v) is 2.04. The van der Waals surface area contributed by atoms with Crippen molar-refractivity contribution in [3.63, 3.8) is 0 Å². The van der Waals surface area contributed by atoms with Crippen molar-refractivity contribution < 1.29 is 4.79 Å². The smallest absolute Gasteiger partial charge is 0.196 e. The van der Waals surface area contributed by atoms with Gasteiger partial charge in [0.1, 0.15) is 5.15 Å². The average molecular weight is 274 g/mol. The second kappa shape index (κ2) is 5.14. The molecule has 0 bridgehead atoms. The normalized spacial score (nSPS) is 11.4. The van der Waals surface area contributed by atoms with E-state index >= 15 is 0 Å². The van der Waals surface area contributed by atoms with Crippen molar-refractivity contribution in [2.75, 3.05) is 0 Å². The number of ketones is 1. The predicted molar refractivity (Wildman–Crippen MR) is 77.8 cm³/mol. The van der Waals surface area contributed by atoms with E-state index in [2.05, 4.69) is 25.8 Å². The molecule has 2 aromatic rings. The van der Waals surface area contributed by atoms with Crippen molar-refractivity contribution in [3.8, 4) is 0 Å². The number of hydrogen-bond acceptors (Lipinski definition) is 2. The SMILES string of the molecule is CC(C)(C)c1ccc(C(=O)c2cccnc2Cl)cc1. The summed E-state index contributed by atoms with van der Waals surface area (Å²) >= 11 is 5.94. The van der Waals surface area contributed by atoms with Gasteiger partial charge >= 0.3 is 0 Å². The van der Waals surface area contributed by atoms with E-state index in [4.69, 9.17) is 11.6 Å². The van der Waals surface area contributed by atoms with Crippen molar-refractivity contribution in [2.45, 2.75) is 26.2 Å². The maximum Gasteiger partial charge on any atom is 0.196 e. The van der Waals surface area contributed by atoms with Crippen LogP contribution in [-0.4, -0.2) is 10.8 Å². The number of carbonyl (C=O) groups excluding carboxylic acids is 1. The fourth-order valence-electron chi connectivity index (χ4n) is 1.83. The van der Waals surface area contributed by atoms with Crippen LogP contribution in [0.5, 0.6) is 0 Å². The van der Waals surface area contributed by atoms with Crippen molar-refractivity contribution >= 4 is 17.4 Å². The zero-order valence-corrected chi connectivity index (χ0v) is 12.0. The zero-order valence-electron chi connectivity index (χ0n) is 11.3. The van der Waals surface area contributed by atoms with Gasteiger partial charge in [0.2, 0.25) is 0 Å². The third-order valence-corrected chi connectivity index (χ3v) is 3.32. The molecular formula is C16H16ClNO. The average Bonchev–Trinajstić information content (AvgIpc) is 2.38. The van der Waals surface area contributed by atoms with Gasteiger partial charge in [-0.2, -0.15) is 0 Å². The van der Waals surface area contributed by atoms with Gasteiger partial charge in [-0.1, -0.05) is 56.6 Å². The van der Waals surface area contributed by atoms with Crippen molar-refractivity contribution in [1.82, 2.24) is 4.98 Å². The van der Waals surface area contributed by atoms with E-state index in [-0.39, 0.29) is 16.4 Å². The quantitative estimate of drug-likeness (QED) is 0.604. The number of pyridine rings is 1. The van der Waals surface area contributed by atoms with Gasteiger partial charge in [0.05, 0.1) is 5.56 Å². The van der Waals surface area contributed by atoms with Gasteiger partial charge in [-0.05, 0) is 23.1 Å². The highest BCUT2D eigenvalue weighted by atomic mass is 35.5. The molecule has 19 heavy (non-hydrogen) atoms. The van der Waals surface area contributed by atoms with E-state index in [0.717, 1.165) is 0 Å². The van der Waals surface area contributed by atoms with E-state index in [1.54, 1.807) is 18.3 Å². The Hall–Kier alpha value is -1.67. The van der Waals surface area contributed by atoms with Crippen LogP contribution < -0.4 is 0 Å². The Morgan fingerprint density at radius 1 is 1.11 bits per heavy atom. The molecule has 1 heterocycles. The van der Waals surface area contributed by atoms with Crippen LogP contribution in [0.2, 0.25) is 5.15 Å². The van der Waals surface area contributed by atoms with E-state index in [1.807, 2.05) is 24.3 Å². The van der Waals surface area contributed by atoms with E-state index in [1.165, 1.54) is 5.56 Å². The molecule has 1 aromatic heterocycles. The summed E-state index contributed by atoms with van der Waals surface area (Å²) in [6, 6.07) is 11.0. The van der Waals surface area contributed by atoms with Gasteiger partial charge in [0, 0.05) is 11.8 Å². The summed E-state index contributed by atoms with van der Waals surface area (Å²) in [6.45, 7) is 6.42. The molecule has 0 aliphatic rings. The molecule has 0 atom stereocenters. The molecule has 0 aliphatic carbocycles. The van der Waals surface area contributed by atoms with Gasteiger partial charge in [0.25, 0.3) is 0 Å². The van der Waals surface area contributed by atoms with Crippen LogP contribution in [0.4, 0.5) is 0 Å². The lowest BCUT2D eigenvalue weighted by atomic mass is 9.86. The van der Waals surface area contributed by atoms with Gasteiger partial charge in [0.15, 0.2) is 5.78 Å². The molecule has 0 fully saturated rings. The number of rotatable bonds is 2. The van der Waals surface area contributed by atoms with Crippen molar-refractivity contribution in [2.24, 2.45) is 0 Å². The van der Waals surface area contributed by atoms with Crippen LogP contribution in [0.25, 0.3) is 0 Å². The zero-order chi connectivity index (χ0) is 14.0. The summed E-state index contributed by atoms with van der Waals surface area (Å²) in [6.07, 6.45) is 1.57. The Kier molecular flexibility index (Phi) is 3.72. The number of hydrogen-bond donors (Lipinski definition) is 0. The molecule has 2 rings (SSSR count). The molecule has 0 radical (unpaired) electrons. The van der Waals surface area contributed by atoms with Gasteiger partial charge < -0.3 is 0 Å². The first-order valence-electron chi connectivity index (χ1n) is 6.15. The van der Waals surface area contributed by atoms with Crippen LogP contribution in [-0.2, 0) is 5.41 Å². The summed E-state index contributed by atoms with van der Waals surface area (Å²) in [7, 11) is 0. The number of benzene rings is 1. The number of halogens is 1. The third-order valence-electron chi connectivity index (χ3n) is 3.02. The molecule has 3 heteroatoms. The Morgan fingerprint density at radius 2 is 1.74 bits per heavy atom. The Labute approximate surface area is 118 Å². The molecular weight excluding hydrogens is 258 g/mol. The van der Waals surface area contributed by atoms with Crippen molar-refractivity contribution in [3.05, 3.63) is 64.4 Å². The van der Waals surface area contributed by atoms with Crippen LogP contribution >= 0.6 is 11.6 Å². The summed E-state index contributed by atoms with van der Waals surface area (Å²) < 4.78 is 0. The second-order valence-electron chi connectivity index (χ2n) is 5.50. The maximum absolute atomic E-state index is 12.3. The van der Waals surface area contributed by atoms with Gasteiger partial charge in [-0.3, -0.25) is 4.79 Å². The highest BCUT2D eigenvalue weighted by Gasteiger charge is 2.16. The maximum atomic E-state index is 12.3. The van der Waals surface area contributed by atoms with Crippen LogP contribution in [0.1, 0.15) is 42.3 Å². The van der Waals surface area contributed by atoms with E-state index in [0.29, 0.717) is 11.1 Å². The molecule has 0 saturated heterocycles. The molecule has 0 aliphatic heterocycles. The predicted octanol–water partition coefficient (Wildman–Crippen LogP) is 4.26. The van der Waals surface area contributed by atoms with E-state index < -0.39 is 0 Å². The molecule has 1 aromatic carbocycles. The molecule has 2 nitrogen and oxygen atoms in total. The standard InChI is InChI=1S/C16H16ClNO/c1-16(2,3)12-8-6-11(7-9-12)14(19)13-5-4-10-18-15(13)17/h4-10H,1-3H3. The first kappa shape index (κ1) is 13.8. The fraction of sp³-hybridized carbons (Fsp3) is 0.250. The number of carbonyl (C=O) groups is 1. The molecule has 0 saturated carbocycles. The van der Waals surface area contributed by atoms with Crippen LogP contribution in [0.15, 0.2) is 42.6 Å². The van der Waals surface area contributed by atoms with Gasteiger partial charge in [-0.25, -0.2) is 4.98 Å². The highest BCUT2D eigenvalue weighted by Crippen LogP contribution is 2.23. The van der Waals surface area contributed by atoms with E-state index in [9.17, 15) is 4.79 Å². The topological polar surface area (TPSA) is 30.0 Å². The first-order chi connectivity index (χ1) is 8.89. The number of nitrogens with zero attached hydrogens (tertiary/aromatic N) is 1. The summed E-state index contributed by atoms with van der Waals surface area (Å²) in [5.41, 5.74) is 2.34. The highest BCUT2D eigenvalue weighted by molar-refractivity contribution is 6.33. The largest absolute Gasteiger partial charge is 0.288 e. The monoisotopic (exact) mass is 273 g/mol. The van der Waals surface area contributed by atoms with Crippen LogP contribution in [0.3, 0.4) is 0 Å². The molecule has 0 spiro atoms. The minimum atomic E-state index is -0.0986. The van der Waals surface area contributed by atoms with Crippen LogP contribution in [0, 0.1) is 0 Å². The summed E-state index contributed by atoms with van der Waals surface area (Å²) in [5.74, 6) is -0.0986. The Balaban J connectivity index is 2.34. The molecule has 0 amide bonds. The lowest BCUT2D eigenvalue weighted by Gasteiger charge is -2.19.